The smallest absolute Gasteiger partial charge is 0.253 e. The van der Waals surface area contributed by atoms with E-state index in [4.69, 9.17) is 14.0 Å². The van der Waals surface area contributed by atoms with Crippen molar-refractivity contribution in [3.63, 3.8) is 0 Å². The summed E-state index contributed by atoms with van der Waals surface area (Å²) in [5, 5.41) is 11.9. The van der Waals surface area contributed by atoms with Crippen molar-refractivity contribution in [3.8, 4) is 0 Å². The van der Waals surface area contributed by atoms with Gasteiger partial charge in [0.1, 0.15) is 11.5 Å². The molecule has 2 aromatic heterocycles. The molecule has 5 heteroatoms. The van der Waals surface area contributed by atoms with Crippen molar-refractivity contribution in [2.75, 3.05) is 0 Å². The number of carbonyl (C=O) groups excluding carboxylic acids is 1. The number of hydrogen-bond acceptors (Lipinski definition) is 5. The van der Waals surface area contributed by atoms with Crippen LogP contribution in [-0.4, -0.2) is 16.7 Å². The summed E-state index contributed by atoms with van der Waals surface area (Å²) in [7, 11) is 0. The molecule has 2 rings (SSSR count). The van der Waals surface area contributed by atoms with E-state index >= 15 is 0 Å². The molecular weight excluding hydrogens is 222 g/mol. The minimum atomic E-state index is -0.519. The minimum Gasteiger partial charge on any atom is -0.459 e. The molecule has 0 saturated carbocycles. The largest absolute Gasteiger partial charge is 0.459 e. The normalized spacial score (nSPS) is 11.8. The highest BCUT2D eigenvalue weighted by Gasteiger charge is 2.22. The van der Waals surface area contributed by atoms with Crippen LogP contribution >= 0.6 is 0 Å². The van der Waals surface area contributed by atoms with Gasteiger partial charge in [0.25, 0.3) is 5.78 Å². The fraction of sp³-hybridized carbons (Fsp3) is 0.167. The fourth-order valence-electron chi connectivity index (χ4n) is 1.44. The van der Waals surface area contributed by atoms with Gasteiger partial charge in [-0.05, 0) is 38.1 Å². The molecule has 0 unspecified atom stereocenters. The quantitative estimate of drug-likeness (QED) is 0.382. The van der Waals surface area contributed by atoms with Gasteiger partial charge in [0.05, 0.1) is 0 Å². The van der Waals surface area contributed by atoms with Gasteiger partial charge in [0.2, 0.25) is 0 Å². The maximum absolute atomic E-state index is 12.0. The van der Waals surface area contributed by atoms with E-state index in [1.54, 1.807) is 32.0 Å². The SMILES string of the molecule is Cc1ccc(C(=O)C(=NO)c2ccc(C)o2)o1. The molecular formula is C12H11NO4. The van der Waals surface area contributed by atoms with Crippen molar-refractivity contribution in [2.24, 2.45) is 5.16 Å². The number of nitrogens with zero attached hydrogens (tertiary/aromatic N) is 1. The molecule has 2 aromatic rings. The molecule has 0 radical (unpaired) electrons. The van der Waals surface area contributed by atoms with Crippen LogP contribution in [0.25, 0.3) is 0 Å². The Balaban J connectivity index is 2.35. The molecule has 0 atom stereocenters. The van der Waals surface area contributed by atoms with E-state index < -0.39 is 5.78 Å². The number of oxime groups is 1. The van der Waals surface area contributed by atoms with Crippen LogP contribution in [0.5, 0.6) is 0 Å². The molecule has 0 amide bonds. The Morgan fingerprint density at radius 3 is 2.00 bits per heavy atom. The molecule has 0 aromatic carbocycles. The fourth-order valence-corrected chi connectivity index (χ4v) is 1.44. The summed E-state index contributed by atoms with van der Waals surface area (Å²) in [6, 6.07) is 6.44. The summed E-state index contributed by atoms with van der Waals surface area (Å²) < 4.78 is 10.4. The first-order valence-electron chi connectivity index (χ1n) is 5.02. The van der Waals surface area contributed by atoms with E-state index in [0.717, 1.165) is 0 Å². The van der Waals surface area contributed by atoms with Gasteiger partial charge in [-0.15, -0.1) is 0 Å². The third kappa shape index (κ3) is 2.13. The zero-order valence-corrected chi connectivity index (χ0v) is 9.43. The second kappa shape index (κ2) is 4.29. The lowest BCUT2D eigenvalue weighted by atomic mass is 10.1. The van der Waals surface area contributed by atoms with Crippen LogP contribution in [0.1, 0.15) is 27.8 Å². The maximum atomic E-state index is 12.0. The second-order valence-electron chi connectivity index (χ2n) is 3.60. The Hall–Kier alpha value is -2.30. The molecule has 0 aliphatic heterocycles. The van der Waals surface area contributed by atoms with Crippen molar-refractivity contribution in [2.45, 2.75) is 13.8 Å². The van der Waals surface area contributed by atoms with Crippen molar-refractivity contribution in [1.29, 1.82) is 0 Å². The minimum absolute atomic E-state index is 0.115. The van der Waals surface area contributed by atoms with Crippen LogP contribution in [0.3, 0.4) is 0 Å². The highest BCUT2D eigenvalue weighted by Crippen LogP contribution is 2.14. The lowest BCUT2D eigenvalue weighted by Crippen LogP contribution is -2.14. The van der Waals surface area contributed by atoms with Crippen LogP contribution in [0.4, 0.5) is 0 Å². The molecule has 17 heavy (non-hydrogen) atoms. The van der Waals surface area contributed by atoms with Crippen molar-refractivity contribution in [3.05, 3.63) is 47.3 Å². The highest BCUT2D eigenvalue weighted by atomic mass is 16.4. The number of Topliss-reactive ketones (excluding diaryl/α,β-unsaturated/α-hetero) is 1. The van der Waals surface area contributed by atoms with Gasteiger partial charge in [0.15, 0.2) is 17.2 Å². The molecule has 0 aliphatic rings. The first-order valence-corrected chi connectivity index (χ1v) is 5.02. The Morgan fingerprint density at radius 1 is 1.06 bits per heavy atom. The molecule has 2 heterocycles. The van der Waals surface area contributed by atoms with E-state index in [0.29, 0.717) is 11.5 Å². The molecule has 0 spiro atoms. The number of aryl methyl sites for hydroxylation is 2. The van der Waals surface area contributed by atoms with Crippen molar-refractivity contribution in [1.82, 2.24) is 0 Å². The van der Waals surface area contributed by atoms with Gasteiger partial charge in [-0.1, -0.05) is 5.16 Å². The summed E-state index contributed by atoms with van der Waals surface area (Å²) >= 11 is 0. The predicted octanol–water partition coefficient (Wildman–Crippen LogP) is 2.55. The Kier molecular flexibility index (Phi) is 2.82. The predicted molar refractivity (Wildman–Crippen MR) is 59.5 cm³/mol. The number of rotatable bonds is 3. The lowest BCUT2D eigenvalue weighted by Gasteiger charge is -1.97. The van der Waals surface area contributed by atoms with Gasteiger partial charge >= 0.3 is 0 Å². The zero-order chi connectivity index (χ0) is 12.4. The van der Waals surface area contributed by atoms with Gasteiger partial charge < -0.3 is 14.0 Å². The zero-order valence-electron chi connectivity index (χ0n) is 9.43. The van der Waals surface area contributed by atoms with Crippen molar-refractivity contribution >= 4 is 11.5 Å². The molecule has 88 valence electrons. The van der Waals surface area contributed by atoms with E-state index in [2.05, 4.69) is 5.16 Å². The van der Waals surface area contributed by atoms with Crippen molar-refractivity contribution < 1.29 is 18.8 Å². The summed E-state index contributed by atoms with van der Waals surface area (Å²) in [6.45, 7) is 3.46. The average Bonchev–Trinajstić information content (AvgIpc) is 2.89. The maximum Gasteiger partial charge on any atom is 0.253 e. The van der Waals surface area contributed by atoms with Crippen LogP contribution in [-0.2, 0) is 0 Å². The Morgan fingerprint density at radius 2 is 1.59 bits per heavy atom. The van der Waals surface area contributed by atoms with E-state index in [1.165, 1.54) is 6.07 Å². The van der Waals surface area contributed by atoms with E-state index in [-0.39, 0.29) is 17.2 Å². The van der Waals surface area contributed by atoms with Crippen LogP contribution in [0.2, 0.25) is 0 Å². The van der Waals surface area contributed by atoms with Crippen LogP contribution < -0.4 is 0 Å². The number of ketones is 1. The van der Waals surface area contributed by atoms with Gasteiger partial charge in [-0.3, -0.25) is 4.79 Å². The number of carbonyl (C=O) groups is 1. The van der Waals surface area contributed by atoms with E-state index in [9.17, 15) is 4.79 Å². The van der Waals surface area contributed by atoms with Gasteiger partial charge in [-0.25, -0.2) is 0 Å². The Bertz CT molecular complexity index is 577. The topological polar surface area (TPSA) is 75.9 Å². The molecule has 5 nitrogen and oxygen atoms in total. The Labute approximate surface area is 97.3 Å². The third-order valence-corrected chi connectivity index (χ3v) is 2.25. The van der Waals surface area contributed by atoms with Crippen LogP contribution in [0.15, 0.2) is 38.3 Å². The first kappa shape index (κ1) is 11.2. The number of hydrogen-bond donors (Lipinski definition) is 1. The van der Waals surface area contributed by atoms with Crippen LogP contribution in [0, 0.1) is 13.8 Å². The van der Waals surface area contributed by atoms with Gasteiger partial charge in [0, 0.05) is 0 Å². The number of furan rings is 2. The first-order chi connectivity index (χ1) is 8.11. The molecule has 0 bridgehead atoms. The molecule has 0 aliphatic carbocycles. The molecule has 0 saturated heterocycles. The molecule has 1 N–H and O–H groups in total. The summed E-state index contributed by atoms with van der Waals surface area (Å²) in [5.41, 5.74) is -0.174. The lowest BCUT2D eigenvalue weighted by molar-refractivity contribution is 0.103. The summed E-state index contributed by atoms with van der Waals surface area (Å²) in [6.07, 6.45) is 0. The third-order valence-electron chi connectivity index (χ3n) is 2.25. The monoisotopic (exact) mass is 233 g/mol. The summed E-state index contributed by atoms with van der Waals surface area (Å²) in [4.78, 5) is 12.0. The standard InChI is InChI=1S/C12H11NO4/c1-7-3-5-9(16-7)11(13-15)12(14)10-6-4-8(2)17-10/h3-6,15H,1-2H3. The van der Waals surface area contributed by atoms with Gasteiger partial charge in [-0.2, -0.15) is 0 Å². The van der Waals surface area contributed by atoms with E-state index in [1.807, 2.05) is 0 Å². The highest BCUT2D eigenvalue weighted by molar-refractivity contribution is 6.50. The summed E-state index contributed by atoms with van der Waals surface area (Å²) in [5.74, 6) is 1.05. The average molecular weight is 233 g/mol. The second-order valence-corrected chi connectivity index (χ2v) is 3.60. The molecule has 0 fully saturated rings.